The van der Waals surface area contributed by atoms with Gasteiger partial charge in [0.1, 0.15) is 6.17 Å². The van der Waals surface area contributed by atoms with Crippen LogP contribution < -0.4 is 0 Å². The molecule has 0 aromatic rings. The van der Waals surface area contributed by atoms with E-state index in [1.807, 2.05) is 0 Å². The quantitative estimate of drug-likeness (QED) is 0.148. The van der Waals surface area contributed by atoms with E-state index in [9.17, 15) is 0 Å². The predicted octanol–water partition coefficient (Wildman–Crippen LogP) is 9.65. The van der Waals surface area contributed by atoms with E-state index in [1.165, 1.54) is 148 Å². The molecule has 31 heavy (non-hydrogen) atoms. The number of hydrogen-bond donors (Lipinski definition) is 0. The lowest BCUT2D eigenvalue weighted by atomic mass is 10.0. The van der Waals surface area contributed by atoms with E-state index in [4.69, 9.17) is 0 Å². The molecule has 2 nitrogen and oxygen atoms in total. The van der Waals surface area contributed by atoms with Crippen LogP contribution >= 0.6 is 0 Å². The highest BCUT2D eigenvalue weighted by molar-refractivity contribution is 4.96. The van der Waals surface area contributed by atoms with Crippen LogP contribution in [0.2, 0.25) is 0 Å². The monoisotopic (exact) mass is 434 g/mol. The summed E-state index contributed by atoms with van der Waals surface area (Å²) in [6, 6.07) is 0. The van der Waals surface area contributed by atoms with Gasteiger partial charge in [-0.15, -0.1) is 0 Å². The van der Waals surface area contributed by atoms with Crippen LogP contribution in [0.15, 0.2) is 12.4 Å². The van der Waals surface area contributed by atoms with Crippen molar-refractivity contribution in [2.75, 3.05) is 13.1 Å². The summed E-state index contributed by atoms with van der Waals surface area (Å²) in [4.78, 5) is 5.23. The lowest BCUT2D eigenvalue weighted by Crippen LogP contribution is -2.39. The molecule has 2 heteroatoms. The van der Waals surface area contributed by atoms with Crippen LogP contribution in [0.25, 0.3) is 0 Å². The average Bonchev–Trinajstić information content (AvgIpc) is 3.17. The first-order chi connectivity index (χ1) is 15.3. The normalized spacial score (nSPS) is 14.3. The summed E-state index contributed by atoms with van der Waals surface area (Å²) in [7, 11) is 0. The van der Waals surface area contributed by atoms with E-state index in [-0.39, 0.29) is 0 Å². The molecule has 1 heterocycles. The van der Waals surface area contributed by atoms with Crippen molar-refractivity contribution in [2.45, 2.75) is 162 Å². The van der Waals surface area contributed by atoms with Crippen LogP contribution in [0.5, 0.6) is 0 Å². The van der Waals surface area contributed by atoms with Gasteiger partial charge in [-0.25, -0.2) is 0 Å². The number of unbranched alkanes of at least 4 members (excludes halogenated alkanes) is 17. The van der Waals surface area contributed by atoms with E-state index < -0.39 is 0 Å². The van der Waals surface area contributed by atoms with Gasteiger partial charge in [-0.3, -0.25) is 0 Å². The van der Waals surface area contributed by atoms with Crippen LogP contribution in [0.1, 0.15) is 156 Å². The Morgan fingerprint density at radius 2 is 0.742 bits per heavy atom. The van der Waals surface area contributed by atoms with Gasteiger partial charge in [-0.05, 0) is 25.7 Å². The van der Waals surface area contributed by atoms with Crippen LogP contribution in [0.3, 0.4) is 0 Å². The third kappa shape index (κ3) is 14.9. The maximum Gasteiger partial charge on any atom is 0.101 e. The lowest BCUT2D eigenvalue weighted by Gasteiger charge is -2.33. The first-order valence-corrected chi connectivity index (χ1v) is 14.5. The fourth-order valence-corrected chi connectivity index (χ4v) is 4.90. The van der Waals surface area contributed by atoms with E-state index in [0.717, 1.165) is 0 Å². The van der Waals surface area contributed by atoms with Crippen LogP contribution in [-0.4, -0.2) is 29.1 Å². The summed E-state index contributed by atoms with van der Waals surface area (Å²) in [5, 5.41) is 0. The van der Waals surface area contributed by atoms with Gasteiger partial charge in [0.15, 0.2) is 0 Å². The lowest BCUT2D eigenvalue weighted by molar-refractivity contribution is 0.136. The fourth-order valence-electron chi connectivity index (χ4n) is 4.90. The Morgan fingerprint density at radius 3 is 1.10 bits per heavy atom. The second kappa shape index (κ2) is 21.2. The van der Waals surface area contributed by atoms with Crippen molar-refractivity contribution >= 4 is 0 Å². The molecule has 0 spiro atoms. The first kappa shape index (κ1) is 28.4. The Labute approximate surface area is 197 Å². The maximum absolute atomic E-state index is 2.62. The van der Waals surface area contributed by atoms with Gasteiger partial charge in [0.05, 0.1) is 0 Å². The Balaban J connectivity index is 1.95. The molecule has 1 rings (SSSR count). The third-order valence-electron chi connectivity index (χ3n) is 7.07. The van der Waals surface area contributed by atoms with Gasteiger partial charge >= 0.3 is 0 Å². The van der Waals surface area contributed by atoms with Gasteiger partial charge in [0.2, 0.25) is 0 Å². The molecule has 1 aliphatic heterocycles. The van der Waals surface area contributed by atoms with Crippen molar-refractivity contribution < 1.29 is 0 Å². The smallest absolute Gasteiger partial charge is 0.101 e. The highest BCUT2D eigenvalue weighted by Crippen LogP contribution is 2.23. The second-order valence-electron chi connectivity index (χ2n) is 10.1. The summed E-state index contributed by atoms with van der Waals surface area (Å²) in [6.07, 6.45) is 35.2. The SMILES string of the molecule is CCCCCCCCCCCCCCCCCCC1N(CCCC)C=CN1CCCC. The molecule has 0 saturated carbocycles. The first-order valence-electron chi connectivity index (χ1n) is 14.5. The summed E-state index contributed by atoms with van der Waals surface area (Å²) < 4.78 is 0. The highest BCUT2D eigenvalue weighted by Gasteiger charge is 2.24. The Morgan fingerprint density at radius 1 is 0.419 bits per heavy atom. The molecule has 0 bridgehead atoms. The van der Waals surface area contributed by atoms with E-state index >= 15 is 0 Å². The predicted molar refractivity (Wildman–Crippen MR) is 140 cm³/mol. The molecule has 0 amide bonds. The molecule has 0 unspecified atom stereocenters. The van der Waals surface area contributed by atoms with Crippen molar-refractivity contribution in [2.24, 2.45) is 0 Å². The molecule has 0 radical (unpaired) electrons. The molecule has 1 aliphatic rings. The second-order valence-corrected chi connectivity index (χ2v) is 10.1. The molecular weight excluding hydrogens is 376 g/mol. The molecule has 0 N–H and O–H groups in total. The maximum atomic E-state index is 2.62. The van der Waals surface area contributed by atoms with Gasteiger partial charge in [-0.2, -0.15) is 0 Å². The Hall–Kier alpha value is -0.660. The van der Waals surface area contributed by atoms with Crippen LogP contribution in [0, 0.1) is 0 Å². The van der Waals surface area contributed by atoms with Crippen molar-refractivity contribution in [1.82, 2.24) is 9.80 Å². The minimum absolute atomic E-state index is 0.643. The zero-order valence-electron chi connectivity index (χ0n) is 21.9. The largest absolute Gasteiger partial charge is 0.356 e. The van der Waals surface area contributed by atoms with Gasteiger partial charge < -0.3 is 9.80 Å². The number of hydrogen-bond acceptors (Lipinski definition) is 2. The highest BCUT2D eigenvalue weighted by atomic mass is 15.4. The number of nitrogens with zero attached hydrogens (tertiary/aromatic N) is 2. The van der Waals surface area contributed by atoms with Crippen molar-refractivity contribution in [3.05, 3.63) is 12.4 Å². The zero-order valence-corrected chi connectivity index (χ0v) is 21.9. The minimum atomic E-state index is 0.643. The minimum Gasteiger partial charge on any atom is -0.356 e. The molecule has 0 aromatic carbocycles. The van der Waals surface area contributed by atoms with Crippen LogP contribution in [-0.2, 0) is 0 Å². The summed E-state index contributed by atoms with van der Waals surface area (Å²) >= 11 is 0. The van der Waals surface area contributed by atoms with Gasteiger partial charge in [0.25, 0.3) is 0 Å². The topological polar surface area (TPSA) is 6.48 Å². The van der Waals surface area contributed by atoms with Crippen LogP contribution in [0.4, 0.5) is 0 Å². The molecule has 0 saturated heterocycles. The van der Waals surface area contributed by atoms with Gasteiger partial charge in [0, 0.05) is 25.5 Å². The number of rotatable bonds is 23. The standard InChI is InChI=1S/C29H58N2/c1-4-7-10-11-12-13-14-15-16-17-18-19-20-21-22-23-24-29-30(25-8-5-2)27-28-31(29)26-9-6-3/h27-29H,4-26H2,1-3H3. The van der Waals surface area contributed by atoms with E-state index in [1.54, 1.807) is 0 Å². The van der Waals surface area contributed by atoms with E-state index in [0.29, 0.717) is 6.17 Å². The van der Waals surface area contributed by atoms with Gasteiger partial charge in [-0.1, -0.05) is 130 Å². The van der Waals surface area contributed by atoms with E-state index in [2.05, 4.69) is 43.0 Å². The molecule has 0 aliphatic carbocycles. The molecule has 0 aromatic heterocycles. The summed E-state index contributed by atoms with van der Waals surface area (Å²) in [6.45, 7) is 9.38. The average molecular weight is 435 g/mol. The Kier molecular flexibility index (Phi) is 19.4. The van der Waals surface area contributed by atoms with Crippen molar-refractivity contribution in [3.63, 3.8) is 0 Å². The molecule has 0 fully saturated rings. The molecule has 184 valence electrons. The summed E-state index contributed by atoms with van der Waals surface area (Å²) in [5.41, 5.74) is 0. The third-order valence-corrected chi connectivity index (χ3v) is 7.07. The summed E-state index contributed by atoms with van der Waals surface area (Å²) in [5.74, 6) is 0. The molecule has 0 atom stereocenters. The zero-order chi connectivity index (χ0) is 22.4. The van der Waals surface area contributed by atoms with Crippen molar-refractivity contribution in [1.29, 1.82) is 0 Å². The Bertz CT molecular complexity index is 374. The fraction of sp³-hybridized carbons (Fsp3) is 0.931. The van der Waals surface area contributed by atoms with Crippen molar-refractivity contribution in [3.8, 4) is 0 Å². The molecular formula is C29H58N2.